The van der Waals surface area contributed by atoms with Crippen LogP contribution < -0.4 is 9.46 Å². The molecule has 3 aromatic rings. The Hall–Kier alpha value is -2.53. The van der Waals surface area contributed by atoms with E-state index in [2.05, 4.69) is 4.72 Å². The van der Waals surface area contributed by atoms with Crippen molar-refractivity contribution in [2.24, 2.45) is 0 Å². The zero-order valence-corrected chi connectivity index (χ0v) is 13.7. The first-order valence-corrected chi connectivity index (χ1v) is 8.65. The Kier molecular flexibility index (Phi) is 3.96. The minimum Gasteiger partial charge on any atom is -0.496 e. The molecular weight excluding hydrogens is 310 g/mol. The molecule has 0 aliphatic rings. The standard InChI is InChI=1S/C18H17NO3S/c1-13-12-15(10-11-18(13)22-2)23(20,21)19-17-9-5-7-14-6-3-4-8-16(14)17/h3-12,19H,1-2H3. The maximum absolute atomic E-state index is 12.6. The van der Waals surface area contributed by atoms with E-state index in [1.165, 1.54) is 0 Å². The third-order valence-corrected chi connectivity index (χ3v) is 5.07. The van der Waals surface area contributed by atoms with Gasteiger partial charge < -0.3 is 4.74 Å². The van der Waals surface area contributed by atoms with Crippen molar-refractivity contribution in [2.75, 3.05) is 11.8 Å². The van der Waals surface area contributed by atoms with Gasteiger partial charge in [-0.05, 0) is 42.1 Å². The summed E-state index contributed by atoms with van der Waals surface area (Å²) in [4.78, 5) is 0.212. The van der Waals surface area contributed by atoms with Crippen molar-refractivity contribution in [1.29, 1.82) is 0 Å². The number of benzene rings is 3. The highest BCUT2D eigenvalue weighted by molar-refractivity contribution is 7.92. The lowest BCUT2D eigenvalue weighted by molar-refractivity contribution is 0.411. The number of ether oxygens (including phenoxy) is 1. The average molecular weight is 327 g/mol. The second-order valence-corrected chi connectivity index (χ2v) is 6.95. The second-order valence-electron chi connectivity index (χ2n) is 5.26. The van der Waals surface area contributed by atoms with Gasteiger partial charge in [0.2, 0.25) is 0 Å². The van der Waals surface area contributed by atoms with Gasteiger partial charge in [0.05, 0.1) is 17.7 Å². The molecule has 0 unspecified atom stereocenters. The largest absolute Gasteiger partial charge is 0.496 e. The van der Waals surface area contributed by atoms with Crippen molar-refractivity contribution >= 4 is 26.5 Å². The van der Waals surface area contributed by atoms with Crippen molar-refractivity contribution in [3.05, 3.63) is 66.2 Å². The lowest BCUT2D eigenvalue weighted by Gasteiger charge is -2.12. The van der Waals surface area contributed by atoms with Crippen LogP contribution in [0.4, 0.5) is 5.69 Å². The van der Waals surface area contributed by atoms with E-state index in [4.69, 9.17) is 4.74 Å². The minimum atomic E-state index is -3.66. The van der Waals surface area contributed by atoms with E-state index in [1.54, 1.807) is 31.4 Å². The molecule has 118 valence electrons. The molecule has 0 heterocycles. The summed E-state index contributed by atoms with van der Waals surface area (Å²) in [5.41, 5.74) is 1.34. The Bertz CT molecular complexity index is 960. The van der Waals surface area contributed by atoms with Gasteiger partial charge in [0, 0.05) is 5.39 Å². The van der Waals surface area contributed by atoms with E-state index < -0.39 is 10.0 Å². The van der Waals surface area contributed by atoms with Crippen LogP contribution in [0.15, 0.2) is 65.6 Å². The van der Waals surface area contributed by atoms with Gasteiger partial charge in [-0.2, -0.15) is 0 Å². The molecular formula is C18H17NO3S. The summed E-state index contributed by atoms with van der Waals surface area (Å²) in [5, 5.41) is 1.85. The van der Waals surface area contributed by atoms with Crippen molar-refractivity contribution in [3.8, 4) is 5.75 Å². The number of rotatable bonds is 4. The van der Waals surface area contributed by atoms with Crippen LogP contribution in [0, 0.1) is 6.92 Å². The van der Waals surface area contributed by atoms with Crippen LogP contribution in [0.3, 0.4) is 0 Å². The van der Waals surface area contributed by atoms with Gasteiger partial charge in [0.1, 0.15) is 5.75 Å². The first kappa shape index (κ1) is 15.4. The molecule has 0 saturated heterocycles. The van der Waals surface area contributed by atoms with Crippen LogP contribution in [0.2, 0.25) is 0 Å². The van der Waals surface area contributed by atoms with Crippen molar-refractivity contribution in [1.82, 2.24) is 0 Å². The van der Waals surface area contributed by atoms with E-state index in [0.717, 1.165) is 16.3 Å². The van der Waals surface area contributed by atoms with E-state index in [1.807, 2.05) is 43.3 Å². The van der Waals surface area contributed by atoms with Crippen molar-refractivity contribution in [3.63, 3.8) is 0 Å². The molecule has 0 amide bonds. The first-order valence-electron chi connectivity index (χ1n) is 7.16. The quantitative estimate of drug-likeness (QED) is 0.789. The van der Waals surface area contributed by atoms with Gasteiger partial charge in [-0.3, -0.25) is 4.72 Å². The summed E-state index contributed by atoms with van der Waals surface area (Å²) < 4.78 is 33.1. The van der Waals surface area contributed by atoms with Gasteiger partial charge in [-0.15, -0.1) is 0 Å². The SMILES string of the molecule is COc1ccc(S(=O)(=O)Nc2cccc3ccccc23)cc1C. The third-order valence-electron chi connectivity index (χ3n) is 3.71. The number of hydrogen-bond donors (Lipinski definition) is 1. The number of anilines is 1. The van der Waals surface area contributed by atoms with E-state index in [-0.39, 0.29) is 4.90 Å². The van der Waals surface area contributed by atoms with Gasteiger partial charge in [0.15, 0.2) is 0 Å². The molecule has 0 fully saturated rings. The molecule has 5 heteroatoms. The second kappa shape index (κ2) is 5.93. The fraction of sp³-hybridized carbons (Fsp3) is 0.111. The normalized spacial score (nSPS) is 11.4. The molecule has 23 heavy (non-hydrogen) atoms. The molecule has 0 aliphatic carbocycles. The number of fused-ring (bicyclic) bond motifs is 1. The minimum absolute atomic E-state index is 0.212. The third kappa shape index (κ3) is 3.00. The molecule has 3 rings (SSSR count). The van der Waals surface area contributed by atoms with Crippen LogP contribution >= 0.6 is 0 Å². The average Bonchev–Trinajstić information content (AvgIpc) is 2.55. The zero-order valence-electron chi connectivity index (χ0n) is 12.9. The smallest absolute Gasteiger partial charge is 0.261 e. The molecule has 3 aromatic carbocycles. The maximum atomic E-state index is 12.6. The Balaban J connectivity index is 2.02. The molecule has 0 bridgehead atoms. The summed E-state index contributed by atoms with van der Waals surface area (Å²) in [6.07, 6.45) is 0. The van der Waals surface area contributed by atoms with Gasteiger partial charge in [-0.25, -0.2) is 8.42 Å². The summed E-state index contributed by atoms with van der Waals surface area (Å²) in [6.45, 7) is 1.82. The lowest BCUT2D eigenvalue weighted by Crippen LogP contribution is -2.13. The summed E-state index contributed by atoms with van der Waals surface area (Å²) in [6, 6.07) is 18.0. The van der Waals surface area contributed by atoms with Crippen molar-refractivity contribution in [2.45, 2.75) is 11.8 Å². The molecule has 0 atom stereocenters. The number of methoxy groups -OCH3 is 1. The molecule has 4 nitrogen and oxygen atoms in total. The maximum Gasteiger partial charge on any atom is 0.261 e. The number of nitrogens with one attached hydrogen (secondary N) is 1. The van der Waals surface area contributed by atoms with E-state index in [9.17, 15) is 8.42 Å². The highest BCUT2D eigenvalue weighted by Crippen LogP contribution is 2.27. The zero-order chi connectivity index (χ0) is 16.4. The van der Waals surface area contributed by atoms with Crippen LogP contribution in [-0.4, -0.2) is 15.5 Å². The Morgan fingerprint density at radius 2 is 1.70 bits per heavy atom. The Morgan fingerprint density at radius 3 is 2.43 bits per heavy atom. The highest BCUT2D eigenvalue weighted by Gasteiger charge is 2.16. The molecule has 1 N–H and O–H groups in total. The molecule has 0 radical (unpaired) electrons. The molecule has 0 spiro atoms. The lowest BCUT2D eigenvalue weighted by atomic mass is 10.1. The highest BCUT2D eigenvalue weighted by atomic mass is 32.2. The molecule has 0 saturated carbocycles. The van der Waals surface area contributed by atoms with Gasteiger partial charge in [0.25, 0.3) is 10.0 Å². The van der Waals surface area contributed by atoms with Gasteiger partial charge in [-0.1, -0.05) is 36.4 Å². The van der Waals surface area contributed by atoms with Crippen LogP contribution in [-0.2, 0) is 10.0 Å². The number of hydrogen-bond acceptors (Lipinski definition) is 3. The first-order chi connectivity index (χ1) is 11.0. The molecule has 0 aliphatic heterocycles. The fourth-order valence-electron chi connectivity index (χ4n) is 2.54. The van der Waals surface area contributed by atoms with Crippen LogP contribution in [0.25, 0.3) is 10.8 Å². The summed E-state index contributed by atoms with van der Waals surface area (Å²) >= 11 is 0. The van der Waals surface area contributed by atoms with Gasteiger partial charge >= 0.3 is 0 Å². The summed E-state index contributed by atoms with van der Waals surface area (Å²) in [7, 11) is -2.10. The monoisotopic (exact) mass is 327 g/mol. The number of sulfonamides is 1. The topological polar surface area (TPSA) is 55.4 Å². The van der Waals surface area contributed by atoms with Crippen LogP contribution in [0.5, 0.6) is 5.75 Å². The number of aryl methyl sites for hydroxylation is 1. The van der Waals surface area contributed by atoms with Crippen LogP contribution in [0.1, 0.15) is 5.56 Å². The Labute approximate surface area is 135 Å². The van der Waals surface area contributed by atoms with E-state index in [0.29, 0.717) is 11.4 Å². The predicted octanol–water partition coefficient (Wildman–Crippen LogP) is 3.96. The molecule has 0 aromatic heterocycles. The Morgan fingerprint density at radius 1 is 0.957 bits per heavy atom. The van der Waals surface area contributed by atoms with E-state index >= 15 is 0 Å². The van der Waals surface area contributed by atoms with Crippen molar-refractivity contribution < 1.29 is 13.2 Å². The summed E-state index contributed by atoms with van der Waals surface area (Å²) in [5.74, 6) is 0.661. The fourth-order valence-corrected chi connectivity index (χ4v) is 3.70. The predicted molar refractivity (Wildman–Crippen MR) is 92.5 cm³/mol.